The predicted octanol–water partition coefficient (Wildman–Crippen LogP) is 6.42. The quantitative estimate of drug-likeness (QED) is 0.356. The summed E-state index contributed by atoms with van der Waals surface area (Å²) in [4.78, 5) is 0. The number of rotatable bonds is 0. The van der Waals surface area contributed by atoms with Crippen molar-refractivity contribution in [3.05, 3.63) is 11.1 Å². The van der Waals surface area contributed by atoms with Crippen LogP contribution in [-0.2, 0) is 0 Å². The summed E-state index contributed by atoms with van der Waals surface area (Å²) in [5.41, 5.74) is 2.85. The van der Waals surface area contributed by atoms with Crippen molar-refractivity contribution in [3.8, 4) is 0 Å². The summed E-state index contributed by atoms with van der Waals surface area (Å²) in [7, 11) is 0.267. The van der Waals surface area contributed by atoms with Gasteiger partial charge in [0.25, 0.3) is 0 Å². The number of hydrogen-bond donors (Lipinski definition) is 0. The minimum absolute atomic E-state index is 0.681. The summed E-state index contributed by atoms with van der Waals surface area (Å²) < 4.78 is 0. The summed E-state index contributed by atoms with van der Waals surface area (Å²) in [5, 5.41) is 1.36. The Morgan fingerprint density at radius 3 is 0.833 bits per heavy atom. The standard InChI is InChI=1S/C8H18Si.C6H12.C2H6Si/c1-7(2)8(3,4)9(7,5)6;1-5(2)6(3)4;1-3-2/h1-6H3;1-4H3;1-2H3. The van der Waals surface area contributed by atoms with Crippen molar-refractivity contribution in [2.75, 3.05) is 0 Å². The molecule has 0 aromatic rings. The Morgan fingerprint density at radius 1 is 0.722 bits per heavy atom. The van der Waals surface area contributed by atoms with Gasteiger partial charge in [-0.25, -0.2) is 0 Å². The molecule has 1 rings (SSSR count). The van der Waals surface area contributed by atoms with Gasteiger partial charge in [0.15, 0.2) is 0 Å². The fraction of sp³-hybridized carbons (Fsp3) is 0.875. The smallest absolute Gasteiger partial charge is 0.0592 e. The maximum atomic E-state index is 2.49. The second-order valence-electron chi connectivity index (χ2n) is 7.38. The Balaban J connectivity index is 0. The molecule has 0 aromatic carbocycles. The Hall–Kier alpha value is 0.174. The molecule has 0 aromatic heterocycles. The van der Waals surface area contributed by atoms with Gasteiger partial charge in [-0.15, -0.1) is 0 Å². The van der Waals surface area contributed by atoms with Crippen LogP contribution in [0.25, 0.3) is 0 Å². The van der Waals surface area contributed by atoms with E-state index in [1.807, 2.05) is 0 Å². The molecule has 0 saturated carbocycles. The molecule has 1 aliphatic rings. The van der Waals surface area contributed by atoms with Gasteiger partial charge in [-0.2, -0.15) is 0 Å². The van der Waals surface area contributed by atoms with E-state index in [0.717, 1.165) is 9.52 Å². The van der Waals surface area contributed by atoms with Gasteiger partial charge in [-0.3, -0.25) is 0 Å². The Labute approximate surface area is 120 Å². The summed E-state index contributed by atoms with van der Waals surface area (Å²) in [6.07, 6.45) is 0. The van der Waals surface area contributed by atoms with Crippen molar-refractivity contribution in [2.24, 2.45) is 0 Å². The van der Waals surface area contributed by atoms with Crippen LogP contribution in [0.4, 0.5) is 0 Å². The van der Waals surface area contributed by atoms with E-state index in [2.05, 4.69) is 81.6 Å². The van der Waals surface area contributed by atoms with E-state index in [-0.39, 0.29) is 0 Å². The van der Waals surface area contributed by atoms with Crippen LogP contribution in [-0.4, -0.2) is 17.6 Å². The predicted molar refractivity (Wildman–Crippen MR) is 92.8 cm³/mol. The molecular formula is C16H36Si2. The van der Waals surface area contributed by atoms with E-state index >= 15 is 0 Å². The average Bonchev–Trinajstić information content (AvgIpc) is 2.44. The molecule has 0 bridgehead atoms. The lowest BCUT2D eigenvalue weighted by molar-refractivity contribution is 0.628. The second kappa shape index (κ2) is 7.09. The first kappa shape index (κ1) is 20.5. The highest BCUT2D eigenvalue weighted by Gasteiger charge is 2.72. The molecule has 1 heterocycles. The van der Waals surface area contributed by atoms with Crippen molar-refractivity contribution < 1.29 is 0 Å². The van der Waals surface area contributed by atoms with E-state index in [9.17, 15) is 0 Å². The maximum absolute atomic E-state index is 2.49. The minimum Gasteiger partial charge on any atom is -0.0778 e. The highest BCUT2D eigenvalue weighted by atomic mass is 28.3. The van der Waals surface area contributed by atoms with Crippen LogP contribution in [0.3, 0.4) is 0 Å². The second-order valence-corrected chi connectivity index (χ2v) is 14.1. The van der Waals surface area contributed by atoms with Crippen molar-refractivity contribution >= 4 is 17.6 Å². The molecule has 0 amide bonds. The molecule has 0 spiro atoms. The third kappa shape index (κ3) is 4.38. The molecule has 18 heavy (non-hydrogen) atoms. The molecule has 0 aliphatic carbocycles. The molecule has 1 aliphatic heterocycles. The van der Waals surface area contributed by atoms with E-state index in [1.165, 1.54) is 11.1 Å². The molecular weight excluding hydrogens is 248 g/mol. The Kier molecular flexibility index (Phi) is 8.07. The molecule has 0 atom stereocenters. The van der Waals surface area contributed by atoms with Gasteiger partial charge in [0.05, 0.1) is 8.07 Å². The summed E-state index contributed by atoms with van der Waals surface area (Å²) in [6.45, 7) is 27.4. The lowest BCUT2D eigenvalue weighted by atomic mass is 10.0. The highest BCUT2D eigenvalue weighted by Crippen LogP contribution is 2.80. The third-order valence-corrected chi connectivity index (χ3v) is 12.9. The normalized spacial score (nSPS) is 20.7. The molecule has 0 N–H and O–H groups in total. The van der Waals surface area contributed by atoms with Gasteiger partial charge in [0.1, 0.15) is 0 Å². The largest absolute Gasteiger partial charge is 0.0778 e. The SMILES string of the molecule is CC(C)=C(C)C.CC1(C)C(C)(C)[Si]1(C)C.C[Si]C. The molecule has 1 fully saturated rings. The summed E-state index contributed by atoms with van der Waals surface area (Å²) >= 11 is 0. The zero-order valence-electron chi connectivity index (χ0n) is 15.0. The first-order chi connectivity index (χ1) is 7.81. The van der Waals surface area contributed by atoms with Crippen LogP contribution < -0.4 is 0 Å². The van der Waals surface area contributed by atoms with Gasteiger partial charge in [-0.05, 0) is 37.8 Å². The lowest BCUT2D eigenvalue weighted by Gasteiger charge is -2.04. The highest BCUT2D eigenvalue weighted by molar-refractivity contribution is 6.94. The molecule has 0 unspecified atom stereocenters. The molecule has 108 valence electrons. The van der Waals surface area contributed by atoms with Crippen molar-refractivity contribution in [3.63, 3.8) is 0 Å². The lowest BCUT2D eigenvalue weighted by Crippen LogP contribution is -2.08. The fourth-order valence-electron chi connectivity index (χ4n) is 1.88. The number of allylic oxidation sites excluding steroid dienone is 2. The van der Waals surface area contributed by atoms with Crippen LogP contribution in [0.2, 0.25) is 36.3 Å². The van der Waals surface area contributed by atoms with Crippen LogP contribution in [0.5, 0.6) is 0 Å². The van der Waals surface area contributed by atoms with Crippen LogP contribution >= 0.6 is 0 Å². The van der Waals surface area contributed by atoms with E-state index in [0.29, 0.717) is 10.1 Å². The van der Waals surface area contributed by atoms with E-state index < -0.39 is 8.07 Å². The Bertz CT molecular complexity index is 225. The van der Waals surface area contributed by atoms with Crippen molar-refractivity contribution in [1.29, 1.82) is 0 Å². The zero-order valence-corrected chi connectivity index (χ0v) is 17.0. The Morgan fingerprint density at radius 2 is 0.833 bits per heavy atom. The van der Waals surface area contributed by atoms with Gasteiger partial charge in [-0.1, -0.05) is 65.0 Å². The first-order valence-electron chi connectivity index (χ1n) is 7.00. The zero-order chi connectivity index (χ0) is 15.4. The summed E-state index contributed by atoms with van der Waals surface area (Å²) in [5.74, 6) is 0. The first-order valence-corrected chi connectivity index (χ1v) is 12.0. The monoisotopic (exact) mass is 284 g/mol. The van der Waals surface area contributed by atoms with Crippen LogP contribution in [0, 0.1) is 0 Å². The fourth-order valence-corrected chi connectivity index (χ4v) is 6.38. The van der Waals surface area contributed by atoms with Crippen LogP contribution in [0.1, 0.15) is 55.4 Å². The van der Waals surface area contributed by atoms with Crippen LogP contribution in [0.15, 0.2) is 11.1 Å². The molecule has 1 saturated heterocycles. The maximum Gasteiger partial charge on any atom is 0.0592 e. The van der Waals surface area contributed by atoms with Crippen molar-refractivity contribution in [2.45, 2.75) is 91.7 Å². The molecule has 0 nitrogen and oxygen atoms in total. The third-order valence-electron chi connectivity index (χ3n) is 5.62. The topological polar surface area (TPSA) is 0 Å². The van der Waals surface area contributed by atoms with Gasteiger partial charge < -0.3 is 0 Å². The molecule has 2 heteroatoms. The van der Waals surface area contributed by atoms with Gasteiger partial charge in [0, 0.05) is 9.52 Å². The van der Waals surface area contributed by atoms with E-state index in [1.54, 1.807) is 0 Å². The van der Waals surface area contributed by atoms with E-state index in [4.69, 9.17) is 0 Å². The van der Waals surface area contributed by atoms with Gasteiger partial charge in [0.2, 0.25) is 0 Å². The molecule has 2 radical (unpaired) electrons. The van der Waals surface area contributed by atoms with Gasteiger partial charge >= 0.3 is 0 Å². The number of hydrogen-bond acceptors (Lipinski definition) is 0. The average molecular weight is 285 g/mol. The minimum atomic E-state index is -0.816. The van der Waals surface area contributed by atoms with Crippen molar-refractivity contribution in [1.82, 2.24) is 0 Å². The summed E-state index contributed by atoms with van der Waals surface area (Å²) in [6, 6.07) is 0.